The van der Waals surface area contributed by atoms with Gasteiger partial charge < -0.3 is 20.6 Å². The Balaban J connectivity index is 2.25. The second-order valence-electron chi connectivity index (χ2n) is 4.61. The summed E-state index contributed by atoms with van der Waals surface area (Å²) in [5.74, 6) is -2.31. The number of halogens is 1. The summed E-state index contributed by atoms with van der Waals surface area (Å²) in [5, 5.41) is 30.9. The third-order valence-electron chi connectivity index (χ3n) is 3.06. The summed E-state index contributed by atoms with van der Waals surface area (Å²) in [6.07, 6.45) is 0. The van der Waals surface area contributed by atoms with E-state index in [-0.39, 0.29) is 17.5 Å². The zero-order chi connectivity index (χ0) is 15.6. The van der Waals surface area contributed by atoms with Gasteiger partial charge in [0, 0.05) is 17.3 Å². The first-order chi connectivity index (χ1) is 9.88. The molecule has 0 bridgehead atoms. The van der Waals surface area contributed by atoms with Gasteiger partial charge >= 0.3 is 5.97 Å². The molecule has 5 nitrogen and oxygen atoms in total. The van der Waals surface area contributed by atoms with Crippen LogP contribution in [0.25, 0.3) is 0 Å². The number of hydrogen-bond donors (Lipinski definition) is 4. The third-order valence-corrected chi connectivity index (χ3v) is 3.06. The van der Waals surface area contributed by atoms with Crippen molar-refractivity contribution in [2.75, 3.05) is 5.32 Å². The van der Waals surface area contributed by atoms with E-state index in [4.69, 9.17) is 5.11 Å². The van der Waals surface area contributed by atoms with Gasteiger partial charge in [0.25, 0.3) is 0 Å². The van der Waals surface area contributed by atoms with Crippen molar-refractivity contribution in [2.45, 2.75) is 13.0 Å². The lowest BCUT2D eigenvalue weighted by Gasteiger charge is -2.17. The molecule has 1 unspecified atom stereocenters. The summed E-state index contributed by atoms with van der Waals surface area (Å²) in [5.41, 5.74) is 0.505. The summed E-state index contributed by atoms with van der Waals surface area (Å²) >= 11 is 0. The van der Waals surface area contributed by atoms with Gasteiger partial charge in [0.2, 0.25) is 0 Å². The zero-order valence-electron chi connectivity index (χ0n) is 11.2. The molecule has 0 aromatic heterocycles. The number of aromatic carboxylic acids is 1. The molecular weight excluding hydrogens is 277 g/mol. The summed E-state index contributed by atoms with van der Waals surface area (Å²) in [6.45, 7) is 1.75. The van der Waals surface area contributed by atoms with Crippen LogP contribution in [0.15, 0.2) is 36.4 Å². The molecule has 6 heteroatoms. The maximum atomic E-state index is 13.3. The Morgan fingerprint density at radius 2 is 1.90 bits per heavy atom. The van der Waals surface area contributed by atoms with Crippen LogP contribution in [-0.4, -0.2) is 21.3 Å². The van der Waals surface area contributed by atoms with Crippen LogP contribution in [-0.2, 0) is 0 Å². The van der Waals surface area contributed by atoms with Gasteiger partial charge in [0.15, 0.2) is 0 Å². The van der Waals surface area contributed by atoms with E-state index in [1.54, 1.807) is 13.0 Å². The predicted molar refractivity (Wildman–Crippen MR) is 75.2 cm³/mol. The van der Waals surface area contributed by atoms with Crippen molar-refractivity contribution < 1.29 is 24.5 Å². The Bertz CT molecular complexity index is 687. The number of carboxylic acid groups (broad SMARTS) is 1. The second kappa shape index (κ2) is 5.70. The van der Waals surface area contributed by atoms with E-state index in [9.17, 15) is 19.4 Å². The largest absolute Gasteiger partial charge is 0.508 e. The molecule has 2 rings (SSSR count). The monoisotopic (exact) mass is 291 g/mol. The van der Waals surface area contributed by atoms with Gasteiger partial charge in [-0.15, -0.1) is 0 Å². The van der Waals surface area contributed by atoms with E-state index in [1.807, 2.05) is 0 Å². The van der Waals surface area contributed by atoms with Gasteiger partial charge in [0.1, 0.15) is 17.3 Å². The molecule has 0 radical (unpaired) electrons. The molecule has 21 heavy (non-hydrogen) atoms. The number of phenolic OH excluding ortho intramolecular Hbond substituents is 2. The van der Waals surface area contributed by atoms with Crippen LogP contribution in [0.1, 0.15) is 28.9 Å². The molecule has 0 aliphatic heterocycles. The Kier molecular flexibility index (Phi) is 3.98. The van der Waals surface area contributed by atoms with Gasteiger partial charge in [-0.2, -0.15) is 0 Å². The fourth-order valence-electron chi connectivity index (χ4n) is 2.00. The highest BCUT2D eigenvalue weighted by Crippen LogP contribution is 2.30. The minimum absolute atomic E-state index is 0.0570. The van der Waals surface area contributed by atoms with Crippen molar-refractivity contribution in [1.82, 2.24) is 0 Å². The first-order valence-corrected chi connectivity index (χ1v) is 6.19. The number of carbonyl (C=O) groups is 1. The first-order valence-electron chi connectivity index (χ1n) is 6.19. The highest BCUT2D eigenvalue weighted by Gasteiger charge is 2.14. The van der Waals surface area contributed by atoms with E-state index in [1.165, 1.54) is 24.3 Å². The lowest BCUT2D eigenvalue weighted by molar-refractivity contribution is 0.0692. The number of anilines is 1. The normalized spacial score (nSPS) is 11.9. The highest BCUT2D eigenvalue weighted by molar-refractivity contribution is 5.89. The smallest absolute Gasteiger partial charge is 0.338 e. The molecule has 2 aromatic rings. The number of phenols is 2. The lowest BCUT2D eigenvalue weighted by atomic mass is 10.1. The van der Waals surface area contributed by atoms with Crippen LogP contribution in [0.3, 0.4) is 0 Å². The van der Waals surface area contributed by atoms with Gasteiger partial charge in [0.05, 0.1) is 11.6 Å². The Morgan fingerprint density at radius 3 is 2.52 bits per heavy atom. The van der Waals surface area contributed by atoms with E-state index in [0.29, 0.717) is 11.3 Å². The maximum absolute atomic E-state index is 13.3. The van der Waals surface area contributed by atoms with E-state index < -0.39 is 17.3 Å². The third kappa shape index (κ3) is 3.22. The van der Waals surface area contributed by atoms with Crippen LogP contribution >= 0.6 is 0 Å². The predicted octanol–water partition coefficient (Wildman–Crippen LogP) is 3.11. The van der Waals surface area contributed by atoms with Crippen LogP contribution in [0.2, 0.25) is 0 Å². The first kappa shape index (κ1) is 14.6. The van der Waals surface area contributed by atoms with Crippen molar-refractivity contribution in [3.05, 3.63) is 53.3 Å². The summed E-state index contributed by atoms with van der Waals surface area (Å²) in [6, 6.07) is 7.49. The molecule has 0 heterocycles. The van der Waals surface area contributed by atoms with Crippen molar-refractivity contribution in [3.8, 4) is 11.5 Å². The Hall–Kier alpha value is -2.76. The molecule has 110 valence electrons. The van der Waals surface area contributed by atoms with Crippen molar-refractivity contribution >= 4 is 11.7 Å². The molecule has 0 amide bonds. The average Bonchev–Trinajstić information content (AvgIpc) is 2.40. The number of aromatic hydroxyl groups is 2. The minimum atomic E-state index is -1.35. The molecule has 2 aromatic carbocycles. The molecule has 0 saturated heterocycles. The van der Waals surface area contributed by atoms with Crippen LogP contribution in [0.4, 0.5) is 10.1 Å². The number of nitrogens with one attached hydrogen (secondary N) is 1. The SMILES string of the molecule is CC(Nc1ccc(F)c(C(=O)O)c1)c1ccc(O)cc1O. The lowest BCUT2D eigenvalue weighted by Crippen LogP contribution is -2.08. The summed E-state index contributed by atoms with van der Waals surface area (Å²) in [4.78, 5) is 10.9. The molecule has 4 N–H and O–H groups in total. The second-order valence-corrected chi connectivity index (χ2v) is 4.61. The van der Waals surface area contributed by atoms with Crippen molar-refractivity contribution in [2.24, 2.45) is 0 Å². The van der Waals surface area contributed by atoms with Crippen molar-refractivity contribution in [1.29, 1.82) is 0 Å². The standard InChI is InChI=1S/C15H14FNO4/c1-8(11-4-3-10(18)7-14(11)19)17-9-2-5-13(16)12(6-9)15(20)21/h2-8,17-19H,1H3,(H,20,21). The van der Waals surface area contributed by atoms with Crippen molar-refractivity contribution in [3.63, 3.8) is 0 Å². The highest BCUT2D eigenvalue weighted by atomic mass is 19.1. The topological polar surface area (TPSA) is 89.8 Å². The fraction of sp³-hybridized carbons (Fsp3) is 0.133. The molecule has 0 spiro atoms. The van der Waals surface area contributed by atoms with Crippen LogP contribution in [0.5, 0.6) is 11.5 Å². The fourth-order valence-corrected chi connectivity index (χ4v) is 2.00. The number of hydrogen-bond acceptors (Lipinski definition) is 4. The van der Waals surface area contributed by atoms with E-state index in [0.717, 1.165) is 6.07 Å². The number of rotatable bonds is 4. The van der Waals surface area contributed by atoms with E-state index in [2.05, 4.69) is 5.32 Å². The van der Waals surface area contributed by atoms with Crippen LogP contribution < -0.4 is 5.32 Å². The molecule has 1 atom stereocenters. The molecule has 0 aliphatic rings. The van der Waals surface area contributed by atoms with Gasteiger partial charge in [-0.3, -0.25) is 0 Å². The molecule has 0 fully saturated rings. The minimum Gasteiger partial charge on any atom is -0.508 e. The summed E-state index contributed by atoms with van der Waals surface area (Å²) < 4.78 is 13.3. The maximum Gasteiger partial charge on any atom is 0.338 e. The van der Waals surface area contributed by atoms with Crippen LogP contribution in [0, 0.1) is 5.82 Å². The number of benzene rings is 2. The quantitative estimate of drug-likeness (QED) is 0.695. The van der Waals surface area contributed by atoms with Gasteiger partial charge in [-0.25, -0.2) is 9.18 Å². The van der Waals surface area contributed by atoms with E-state index >= 15 is 0 Å². The molecule has 0 aliphatic carbocycles. The molecular formula is C15H14FNO4. The molecule has 0 saturated carbocycles. The zero-order valence-corrected chi connectivity index (χ0v) is 11.2. The van der Waals surface area contributed by atoms with Gasteiger partial charge in [-0.1, -0.05) is 0 Å². The Morgan fingerprint density at radius 1 is 1.19 bits per heavy atom. The number of carboxylic acids is 1. The van der Waals surface area contributed by atoms with Gasteiger partial charge in [-0.05, 0) is 37.3 Å². The summed E-state index contributed by atoms with van der Waals surface area (Å²) in [7, 11) is 0. The average molecular weight is 291 g/mol. The Labute approximate surface area is 120 Å².